The maximum absolute atomic E-state index is 12.5. The van der Waals surface area contributed by atoms with E-state index >= 15 is 0 Å². The molecule has 0 aliphatic carbocycles. The highest BCUT2D eigenvalue weighted by atomic mass is 32.2. The van der Waals surface area contributed by atoms with E-state index in [1.54, 1.807) is 6.07 Å². The van der Waals surface area contributed by atoms with Gasteiger partial charge in [0.15, 0.2) is 0 Å². The molecule has 3 rings (SSSR count). The molecular weight excluding hydrogens is 350 g/mol. The number of thiophene rings is 1. The van der Waals surface area contributed by atoms with E-state index in [2.05, 4.69) is 4.72 Å². The number of nitrogens with one attached hydrogen (secondary N) is 1. The van der Waals surface area contributed by atoms with Gasteiger partial charge in [-0.05, 0) is 36.6 Å². The number of fused-ring (bicyclic) bond motifs is 1. The van der Waals surface area contributed by atoms with Crippen LogP contribution in [0.25, 0.3) is 10.1 Å². The predicted molar refractivity (Wildman–Crippen MR) is 92.4 cm³/mol. The average Bonchev–Trinajstić information content (AvgIpc) is 2.90. The van der Waals surface area contributed by atoms with E-state index in [0.717, 1.165) is 39.1 Å². The highest BCUT2D eigenvalue weighted by Crippen LogP contribution is 2.31. The van der Waals surface area contributed by atoms with E-state index in [-0.39, 0.29) is 15.5 Å². The minimum atomic E-state index is -3.83. The zero-order chi connectivity index (χ0) is 17.5. The molecule has 0 aliphatic rings. The molecule has 24 heavy (non-hydrogen) atoms. The molecule has 0 saturated heterocycles. The fourth-order valence-corrected chi connectivity index (χ4v) is 4.68. The minimum absolute atomic E-state index is 0.0890. The van der Waals surface area contributed by atoms with E-state index in [1.807, 2.05) is 25.1 Å². The topological polar surface area (TPSA) is 104 Å². The van der Waals surface area contributed by atoms with Crippen LogP contribution in [0, 0.1) is 6.92 Å². The third-order valence-corrected chi connectivity index (χ3v) is 6.37. The summed E-state index contributed by atoms with van der Waals surface area (Å²) in [6, 6.07) is 10.8. The molecule has 2 aromatic carbocycles. The van der Waals surface area contributed by atoms with Crippen molar-refractivity contribution in [3.05, 3.63) is 53.6 Å². The fraction of sp³-hybridized carbons (Fsp3) is 0.0625. The van der Waals surface area contributed by atoms with E-state index in [0.29, 0.717) is 0 Å². The number of carboxylic acid groups (broad SMARTS) is 1. The molecule has 1 heterocycles. The maximum atomic E-state index is 12.5. The third kappa shape index (κ3) is 3.06. The summed E-state index contributed by atoms with van der Waals surface area (Å²) in [6.07, 6.45) is 0. The van der Waals surface area contributed by atoms with Gasteiger partial charge in [0.1, 0.15) is 15.5 Å². The molecule has 0 aliphatic heterocycles. The van der Waals surface area contributed by atoms with E-state index in [4.69, 9.17) is 5.11 Å². The van der Waals surface area contributed by atoms with Gasteiger partial charge in [0, 0.05) is 10.8 Å². The first-order chi connectivity index (χ1) is 11.3. The predicted octanol–water partition coefficient (Wildman–Crippen LogP) is 3.41. The molecule has 3 N–H and O–H groups in total. The molecule has 0 atom stereocenters. The van der Waals surface area contributed by atoms with Gasteiger partial charge < -0.3 is 10.2 Å². The summed E-state index contributed by atoms with van der Waals surface area (Å²) in [7, 11) is -3.83. The first-order valence-corrected chi connectivity index (χ1v) is 9.15. The number of hydrogen-bond acceptors (Lipinski definition) is 5. The Balaban J connectivity index is 1.95. The van der Waals surface area contributed by atoms with Gasteiger partial charge in [-0.3, -0.25) is 4.72 Å². The Morgan fingerprint density at radius 2 is 1.88 bits per heavy atom. The number of aromatic carboxylic acids is 1. The van der Waals surface area contributed by atoms with Crippen LogP contribution in [0.2, 0.25) is 0 Å². The average molecular weight is 363 g/mol. The van der Waals surface area contributed by atoms with Crippen LogP contribution >= 0.6 is 11.3 Å². The Morgan fingerprint density at radius 1 is 1.12 bits per heavy atom. The maximum Gasteiger partial charge on any atom is 0.339 e. The number of sulfonamides is 1. The largest absolute Gasteiger partial charge is 0.507 e. The number of carbonyl (C=O) groups is 1. The van der Waals surface area contributed by atoms with Crippen molar-refractivity contribution in [3.8, 4) is 5.75 Å². The molecule has 0 spiro atoms. The first-order valence-electron chi connectivity index (χ1n) is 6.85. The van der Waals surface area contributed by atoms with Crippen LogP contribution in [0.1, 0.15) is 15.9 Å². The minimum Gasteiger partial charge on any atom is -0.507 e. The molecule has 124 valence electrons. The van der Waals surface area contributed by atoms with Crippen LogP contribution in [0.4, 0.5) is 5.69 Å². The van der Waals surface area contributed by atoms with Gasteiger partial charge in [-0.1, -0.05) is 17.7 Å². The Bertz CT molecular complexity index is 1050. The van der Waals surface area contributed by atoms with Crippen molar-refractivity contribution in [1.82, 2.24) is 0 Å². The SMILES string of the molecule is Cc1ccc2sc(S(=O)(=O)Nc3ccc(C(=O)O)c(O)c3)cc2c1. The van der Waals surface area contributed by atoms with Gasteiger partial charge in [0.05, 0.1) is 5.69 Å². The molecule has 0 radical (unpaired) electrons. The zero-order valence-electron chi connectivity index (χ0n) is 12.5. The number of aryl methyl sites for hydroxylation is 1. The number of carboxylic acids is 1. The number of aromatic hydroxyl groups is 1. The summed E-state index contributed by atoms with van der Waals surface area (Å²) in [5, 5.41) is 19.4. The Kier molecular flexibility index (Phi) is 3.94. The van der Waals surface area contributed by atoms with Gasteiger partial charge >= 0.3 is 5.97 Å². The molecule has 1 aromatic heterocycles. The number of benzene rings is 2. The van der Waals surface area contributed by atoms with Crippen molar-refractivity contribution in [2.24, 2.45) is 0 Å². The Morgan fingerprint density at radius 3 is 2.54 bits per heavy atom. The van der Waals surface area contributed by atoms with E-state index in [9.17, 15) is 18.3 Å². The van der Waals surface area contributed by atoms with Crippen LogP contribution in [0.3, 0.4) is 0 Å². The van der Waals surface area contributed by atoms with Crippen molar-refractivity contribution in [2.75, 3.05) is 4.72 Å². The van der Waals surface area contributed by atoms with Crippen LogP contribution in [-0.4, -0.2) is 24.6 Å². The summed E-state index contributed by atoms with van der Waals surface area (Å²) >= 11 is 1.14. The van der Waals surface area contributed by atoms with Crippen molar-refractivity contribution in [1.29, 1.82) is 0 Å². The molecule has 6 nitrogen and oxygen atoms in total. The normalized spacial score (nSPS) is 11.5. The summed E-state index contributed by atoms with van der Waals surface area (Å²) in [4.78, 5) is 10.9. The lowest BCUT2D eigenvalue weighted by atomic mass is 10.2. The molecule has 0 unspecified atom stereocenters. The number of phenols is 1. The van der Waals surface area contributed by atoms with E-state index in [1.165, 1.54) is 6.07 Å². The van der Waals surface area contributed by atoms with Crippen molar-refractivity contribution in [2.45, 2.75) is 11.1 Å². The first kappa shape index (κ1) is 16.3. The number of anilines is 1. The summed E-state index contributed by atoms with van der Waals surface area (Å²) < 4.78 is 28.3. The molecule has 3 aromatic rings. The van der Waals surface area contributed by atoms with Crippen molar-refractivity contribution < 1.29 is 23.4 Å². The highest BCUT2D eigenvalue weighted by Gasteiger charge is 2.19. The second-order valence-electron chi connectivity index (χ2n) is 5.25. The molecule has 0 saturated carbocycles. The third-order valence-electron chi connectivity index (χ3n) is 3.39. The van der Waals surface area contributed by atoms with Gasteiger partial charge in [-0.2, -0.15) is 0 Å². The van der Waals surface area contributed by atoms with Crippen LogP contribution in [0.15, 0.2) is 46.7 Å². The summed E-state index contributed by atoms with van der Waals surface area (Å²) in [6.45, 7) is 1.93. The molecule has 0 fully saturated rings. The van der Waals surface area contributed by atoms with Crippen LogP contribution in [-0.2, 0) is 10.0 Å². The molecule has 0 amide bonds. The second-order valence-corrected chi connectivity index (χ2v) is 8.24. The summed E-state index contributed by atoms with van der Waals surface area (Å²) in [5.74, 6) is -1.79. The molecule has 0 bridgehead atoms. The van der Waals surface area contributed by atoms with Gasteiger partial charge in [0.2, 0.25) is 0 Å². The molecular formula is C16H13NO5S2. The summed E-state index contributed by atoms with van der Waals surface area (Å²) in [5.41, 5.74) is 0.827. The van der Waals surface area contributed by atoms with Crippen LogP contribution < -0.4 is 4.72 Å². The standard InChI is InChI=1S/C16H13NO5S2/c1-9-2-5-14-10(6-9)7-15(23-14)24(21,22)17-11-3-4-12(16(19)20)13(18)8-11/h2-8,17-18H,1H3,(H,19,20). The van der Waals surface area contributed by atoms with E-state index < -0.39 is 21.7 Å². The van der Waals surface area contributed by atoms with Crippen molar-refractivity contribution in [3.63, 3.8) is 0 Å². The Hall–Kier alpha value is -2.58. The quantitative estimate of drug-likeness (QED) is 0.659. The second kappa shape index (κ2) is 5.81. The number of hydrogen-bond donors (Lipinski definition) is 3. The fourth-order valence-electron chi connectivity index (χ4n) is 2.25. The van der Waals surface area contributed by atoms with Crippen LogP contribution in [0.5, 0.6) is 5.75 Å². The monoisotopic (exact) mass is 363 g/mol. The van der Waals surface area contributed by atoms with Gasteiger partial charge in [0.25, 0.3) is 10.0 Å². The Labute approximate surface area is 142 Å². The lowest BCUT2D eigenvalue weighted by molar-refractivity contribution is 0.0694. The van der Waals surface area contributed by atoms with Gasteiger partial charge in [-0.25, -0.2) is 13.2 Å². The smallest absolute Gasteiger partial charge is 0.339 e. The lowest BCUT2D eigenvalue weighted by Gasteiger charge is -2.07. The number of rotatable bonds is 4. The highest BCUT2D eigenvalue weighted by molar-refractivity contribution is 7.94. The lowest BCUT2D eigenvalue weighted by Crippen LogP contribution is -2.11. The van der Waals surface area contributed by atoms with Gasteiger partial charge in [-0.15, -0.1) is 11.3 Å². The zero-order valence-corrected chi connectivity index (χ0v) is 14.1. The molecule has 8 heteroatoms. The van der Waals surface area contributed by atoms with Crippen molar-refractivity contribution >= 4 is 43.1 Å².